The molecule has 4 N–H and O–H groups in total. The van der Waals surface area contributed by atoms with E-state index in [1.54, 1.807) is 23.9 Å². The number of rotatable bonds is 7. The minimum Gasteiger partial charge on any atom is -0.481 e. The Balaban J connectivity index is 2.83. The fourth-order valence-electron chi connectivity index (χ4n) is 8.40. The maximum atomic E-state index is 13.7. The van der Waals surface area contributed by atoms with Crippen molar-refractivity contribution in [3.8, 4) is 0 Å². The van der Waals surface area contributed by atoms with Crippen LogP contribution in [0.4, 0.5) is 9.59 Å². The third-order valence-electron chi connectivity index (χ3n) is 9.62. The van der Waals surface area contributed by atoms with E-state index in [-0.39, 0.29) is 31.3 Å². The first-order valence-corrected chi connectivity index (χ1v) is 13.7. The van der Waals surface area contributed by atoms with Crippen LogP contribution in [0.25, 0.3) is 0 Å². The van der Waals surface area contributed by atoms with E-state index in [1.165, 1.54) is 0 Å². The number of amides is 4. The van der Waals surface area contributed by atoms with E-state index in [1.807, 2.05) is 55.4 Å². The van der Waals surface area contributed by atoms with Gasteiger partial charge in [0.2, 0.25) is 0 Å². The van der Waals surface area contributed by atoms with Gasteiger partial charge >= 0.3 is 24.0 Å². The first-order chi connectivity index (χ1) is 17.2. The standard InChI is InChI=1S/C28H50N4O6/c1-24(2)16-13-18(26(5,6)31(24)22(37)29-9)28(21(35)36,15-11-12-20(33)34)19-14-17-25(3,4)32(23(38)30-10)27(19,7)8/h18-19H,11-17H2,1-10H3,(H,29,37)(H,30,38)(H,33,34)(H,35,36). The molecule has 4 amide bonds. The van der Waals surface area contributed by atoms with Crippen LogP contribution >= 0.6 is 0 Å². The molecule has 0 aliphatic carbocycles. The van der Waals surface area contributed by atoms with Gasteiger partial charge in [-0.25, -0.2) is 9.59 Å². The minimum atomic E-state index is -1.38. The van der Waals surface area contributed by atoms with Crippen LogP contribution in [-0.4, -0.2) is 80.3 Å². The lowest BCUT2D eigenvalue weighted by Gasteiger charge is -2.65. The van der Waals surface area contributed by atoms with E-state index in [2.05, 4.69) is 10.6 Å². The van der Waals surface area contributed by atoms with Gasteiger partial charge in [-0.2, -0.15) is 0 Å². The minimum absolute atomic E-state index is 0.140. The van der Waals surface area contributed by atoms with E-state index < -0.39 is 51.3 Å². The zero-order valence-electron chi connectivity index (χ0n) is 25.0. The zero-order chi connectivity index (χ0) is 29.5. The van der Waals surface area contributed by atoms with Gasteiger partial charge in [0.15, 0.2) is 0 Å². The maximum absolute atomic E-state index is 13.7. The number of urea groups is 2. The normalized spacial score (nSPS) is 27.1. The Bertz CT molecular complexity index is 886. The highest BCUT2D eigenvalue weighted by molar-refractivity contribution is 5.80. The van der Waals surface area contributed by atoms with Crippen molar-refractivity contribution in [3.63, 3.8) is 0 Å². The lowest BCUT2D eigenvalue weighted by Crippen LogP contribution is -2.74. The highest BCUT2D eigenvalue weighted by Gasteiger charge is 2.66. The van der Waals surface area contributed by atoms with Crippen molar-refractivity contribution in [2.75, 3.05) is 14.1 Å². The summed E-state index contributed by atoms with van der Waals surface area (Å²) < 4.78 is 0. The number of likely N-dealkylation sites (tertiary alicyclic amines) is 2. The highest BCUT2D eigenvalue weighted by Crippen LogP contribution is 2.60. The molecule has 38 heavy (non-hydrogen) atoms. The van der Waals surface area contributed by atoms with Crippen molar-refractivity contribution in [2.45, 2.75) is 122 Å². The van der Waals surface area contributed by atoms with Crippen molar-refractivity contribution >= 4 is 24.0 Å². The van der Waals surface area contributed by atoms with Crippen molar-refractivity contribution in [1.29, 1.82) is 0 Å². The zero-order valence-corrected chi connectivity index (χ0v) is 25.0. The number of nitrogens with one attached hydrogen (secondary N) is 2. The average molecular weight is 539 g/mol. The molecular weight excluding hydrogens is 488 g/mol. The Morgan fingerprint density at radius 1 is 0.763 bits per heavy atom. The highest BCUT2D eigenvalue weighted by atomic mass is 16.4. The van der Waals surface area contributed by atoms with Crippen LogP contribution < -0.4 is 10.6 Å². The van der Waals surface area contributed by atoms with Crippen molar-refractivity contribution in [2.24, 2.45) is 17.3 Å². The van der Waals surface area contributed by atoms with Crippen LogP contribution in [0.3, 0.4) is 0 Å². The van der Waals surface area contributed by atoms with E-state index >= 15 is 0 Å². The molecule has 2 atom stereocenters. The summed E-state index contributed by atoms with van der Waals surface area (Å²) >= 11 is 0. The molecule has 0 radical (unpaired) electrons. The summed E-state index contributed by atoms with van der Waals surface area (Å²) in [5.74, 6) is -2.93. The van der Waals surface area contributed by atoms with Gasteiger partial charge in [-0.15, -0.1) is 0 Å². The number of carboxylic acids is 2. The molecule has 0 aromatic carbocycles. The third kappa shape index (κ3) is 5.19. The number of piperidine rings is 2. The van der Waals surface area contributed by atoms with E-state index in [0.717, 1.165) is 0 Å². The van der Waals surface area contributed by atoms with Gasteiger partial charge in [-0.1, -0.05) is 0 Å². The molecule has 2 aliphatic rings. The average Bonchev–Trinajstić information content (AvgIpc) is 2.75. The quantitative estimate of drug-likeness (QED) is 0.376. The van der Waals surface area contributed by atoms with Crippen molar-refractivity contribution in [3.05, 3.63) is 0 Å². The smallest absolute Gasteiger partial charge is 0.318 e. The predicted molar refractivity (Wildman–Crippen MR) is 146 cm³/mol. The summed E-state index contributed by atoms with van der Waals surface area (Å²) in [7, 11) is 3.14. The number of carbonyl (C=O) groups excluding carboxylic acids is 2. The molecule has 10 nitrogen and oxygen atoms in total. The molecule has 0 bridgehead atoms. The van der Waals surface area contributed by atoms with Crippen LogP contribution in [0.1, 0.15) is 100 Å². The lowest BCUT2D eigenvalue weighted by atomic mass is 9.49. The Morgan fingerprint density at radius 2 is 1.13 bits per heavy atom. The van der Waals surface area contributed by atoms with Crippen molar-refractivity contribution < 1.29 is 29.4 Å². The molecule has 2 aliphatic heterocycles. The number of hydrogen-bond acceptors (Lipinski definition) is 4. The number of hydrogen-bond donors (Lipinski definition) is 4. The molecule has 2 unspecified atom stereocenters. The molecule has 2 rings (SSSR count). The van der Waals surface area contributed by atoms with Gasteiger partial charge in [-0.3, -0.25) is 9.59 Å². The second kappa shape index (κ2) is 10.6. The Labute approximate surface area is 227 Å². The third-order valence-corrected chi connectivity index (χ3v) is 9.62. The van der Waals surface area contributed by atoms with E-state index in [9.17, 15) is 29.4 Å². The monoisotopic (exact) mass is 538 g/mol. The second-order valence-electron chi connectivity index (χ2n) is 13.5. The Hall–Kier alpha value is -2.52. The molecule has 0 aromatic heterocycles. The molecule has 2 fully saturated rings. The second-order valence-corrected chi connectivity index (χ2v) is 13.5. The molecule has 0 spiro atoms. The Morgan fingerprint density at radius 3 is 1.42 bits per heavy atom. The van der Waals surface area contributed by atoms with Gasteiger partial charge in [0.1, 0.15) is 0 Å². The molecule has 0 aromatic rings. The van der Waals surface area contributed by atoms with Gasteiger partial charge in [-0.05, 0) is 106 Å². The summed E-state index contributed by atoms with van der Waals surface area (Å²) in [5.41, 5.74) is -4.14. The fourth-order valence-corrected chi connectivity index (χ4v) is 8.40. The topological polar surface area (TPSA) is 139 Å². The molecule has 218 valence electrons. The van der Waals surface area contributed by atoms with Crippen LogP contribution in [0.5, 0.6) is 0 Å². The molecular formula is C28H50N4O6. The number of carbonyl (C=O) groups is 4. The van der Waals surface area contributed by atoms with Gasteiger partial charge in [0, 0.05) is 42.7 Å². The SMILES string of the molecule is CNC(=O)N1C(C)(C)CCC(C(CCCC(=O)O)(C(=O)O)C2CCC(C)(C)N(C(=O)NC)C2(C)C)C1(C)C. The summed E-state index contributed by atoms with van der Waals surface area (Å²) in [6, 6.07) is -0.545. The first-order valence-electron chi connectivity index (χ1n) is 13.7. The number of carboxylic acid groups (broad SMARTS) is 2. The summed E-state index contributed by atoms with van der Waals surface area (Å²) in [6.07, 6.45) is 2.49. The van der Waals surface area contributed by atoms with E-state index in [4.69, 9.17) is 0 Å². The predicted octanol–water partition coefficient (Wildman–Crippen LogP) is 4.53. The van der Waals surface area contributed by atoms with Crippen LogP contribution in [0.2, 0.25) is 0 Å². The molecule has 2 saturated heterocycles. The molecule has 0 saturated carbocycles. The van der Waals surface area contributed by atoms with E-state index in [0.29, 0.717) is 25.7 Å². The Kier molecular flexibility index (Phi) is 8.81. The molecule has 10 heteroatoms. The van der Waals surface area contributed by atoms with Gasteiger partial charge < -0.3 is 30.6 Å². The first kappa shape index (κ1) is 31.7. The lowest BCUT2D eigenvalue weighted by molar-refractivity contribution is -0.188. The summed E-state index contributed by atoms with van der Waals surface area (Å²) in [6.45, 7) is 15.7. The summed E-state index contributed by atoms with van der Waals surface area (Å²) in [4.78, 5) is 55.3. The summed E-state index contributed by atoms with van der Waals surface area (Å²) in [5, 5.41) is 26.1. The number of nitrogens with zero attached hydrogens (tertiary/aromatic N) is 2. The van der Waals surface area contributed by atoms with Crippen LogP contribution in [-0.2, 0) is 9.59 Å². The van der Waals surface area contributed by atoms with Gasteiger partial charge in [0.05, 0.1) is 5.41 Å². The van der Waals surface area contributed by atoms with Gasteiger partial charge in [0.25, 0.3) is 0 Å². The maximum Gasteiger partial charge on any atom is 0.318 e. The molecule has 2 heterocycles. The number of aliphatic carboxylic acids is 2. The van der Waals surface area contributed by atoms with Crippen LogP contribution in [0.15, 0.2) is 0 Å². The fraction of sp³-hybridized carbons (Fsp3) is 0.857. The van der Waals surface area contributed by atoms with Crippen molar-refractivity contribution in [1.82, 2.24) is 20.4 Å². The largest absolute Gasteiger partial charge is 0.481 e. The van der Waals surface area contributed by atoms with Crippen LogP contribution in [0, 0.1) is 17.3 Å².